The van der Waals surface area contributed by atoms with Crippen molar-refractivity contribution >= 4 is 5.91 Å². The van der Waals surface area contributed by atoms with E-state index in [-0.39, 0.29) is 5.91 Å². The molecule has 0 aromatic heterocycles. The van der Waals surface area contributed by atoms with Crippen molar-refractivity contribution in [1.82, 2.24) is 4.90 Å². The van der Waals surface area contributed by atoms with E-state index in [9.17, 15) is 9.90 Å². The first-order chi connectivity index (χ1) is 7.07. The monoisotopic (exact) mass is 209 g/mol. The van der Waals surface area contributed by atoms with Gasteiger partial charge in [0.2, 0.25) is 5.91 Å². The topological polar surface area (TPSA) is 40.5 Å². The van der Waals surface area contributed by atoms with Gasteiger partial charge in [0, 0.05) is 6.42 Å². The number of allylic oxidation sites excluding steroid dienone is 1. The first-order valence-corrected chi connectivity index (χ1v) is 5.75. The van der Waals surface area contributed by atoms with Crippen LogP contribution >= 0.6 is 0 Å². The number of carbonyl (C=O) groups is 1. The molecule has 3 nitrogen and oxygen atoms in total. The average molecular weight is 209 g/mol. The number of aliphatic hydroxyl groups is 1. The van der Waals surface area contributed by atoms with E-state index in [1.807, 2.05) is 0 Å². The van der Waals surface area contributed by atoms with Gasteiger partial charge in [-0.05, 0) is 32.6 Å². The van der Waals surface area contributed by atoms with Crippen molar-refractivity contribution in [3.8, 4) is 0 Å². The quantitative estimate of drug-likeness (QED) is 0.700. The lowest BCUT2D eigenvalue weighted by molar-refractivity contribution is -0.151. The highest BCUT2D eigenvalue weighted by atomic mass is 16.3. The molecular formula is C12H19NO2. The predicted molar refractivity (Wildman–Crippen MR) is 58.4 cm³/mol. The third-order valence-corrected chi connectivity index (χ3v) is 3.18. The van der Waals surface area contributed by atoms with Crippen LogP contribution in [-0.4, -0.2) is 34.6 Å². The number of amides is 1. The van der Waals surface area contributed by atoms with Gasteiger partial charge in [0.25, 0.3) is 0 Å². The zero-order valence-corrected chi connectivity index (χ0v) is 9.33. The normalized spacial score (nSPS) is 24.4. The fraction of sp³-hybridized carbons (Fsp3) is 0.750. The largest absolute Gasteiger partial charge is 0.386 e. The predicted octanol–water partition coefficient (Wildman–Crippen LogP) is 1.47. The van der Waals surface area contributed by atoms with Gasteiger partial charge in [0.1, 0.15) is 0 Å². The molecule has 0 saturated carbocycles. The van der Waals surface area contributed by atoms with Gasteiger partial charge >= 0.3 is 0 Å². The van der Waals surface area contributed by atoms with E-state index in [0.717, 1.165) is 12.8 Å². The van der Waals surface area contributed by atoms with E-state index in [1.54, 1.807) is 11.8 Å². The maximum atomic E-state index is 11.8. The lowest BCUT2D eigenvalue weighted by atomic mass is 9.93. The van der Waals surface area contributed by atoms with Gasteiger partial charge < -0.3 is 10.0 Å². The summed E-state index contributed by atoms with van der Waals surface area (Å²) in [5.74, 6) is 0.176. The van der Waals surface area contributed by atoms with Crippen LogP contribution in [-0.2, 0) is 4.79 Å². The third kappa shape index (κ3) is 2.59. The summed E-state index contributed by atoms with van der Waals surface area (Å²) in [5, 5.41) is 9.53. The van der Waals surface area contributed by atoms with E-state index in [2.05, 4.69) is 6.08 Å². The Morgan fingerprint density at radius 1 is 1.53 bits per heavy atom. The highest BCUT2D eigenvalue weighted by molar-refractivity contribution is 5.79. The van der Waals surface area contributed by atoms with E-state index < -0.39 is 5.60 Å². The fourth-order valence-corrected chi connectivity index (χ4v) is 2.32. The van der Waals surface area contributed by atoms with Crippen LogP contribution in [0.2, 0.25) is 0 Å². The zero-order valence-electron chi connectivity index (χ0n) is 9.33. The molecular weight excluding hydrogens is 190 g/mol. The second kappa shape index (κ2) is 3.97. The molecule has 1 aliphatic heterocycles. The first kappa shape index (κ1) is 10.7. The average Bonchev–Trinajstić information content (AvgIpc) is 2.15. The molecule has 0 bridgehead atoms. The standard InChI is InChI=1S/C12H19NO2/c1-12(15)8-13(9-12)11(14)7-10-5-3-2-4-6-10/h5,15H,2-4,6-9H2,1H3. The lowest BCUT2D eigenvalue weighted by Crippen LogP contribution is -2.61. The van der Waals surface area contributed by atoms with Gasteiger partial charge in [-0.3, -0.25) is 4.79 Å². The maximum Gasteiger partial charge on any atom is 0.226 e. The van der Waals surface area contributed by atoms with Gasteiger partial charge in [-0.15, -0.1) is 0 Å². The number of β-amino-alcohol motifs (C(OH)–C–C–N with tert-alkyl or cyclic N) is 1. The van der Waals surface area contributed by atoms with Gasteiger partial charge in [0.15, 0.2) is 0 Å². The Hall–Kier alpha value is -0.830. The van der Waals surface area contributed by atoms with Crippen LogP contribution in [0, 0.1) is 0 Å². The molecule has 0 atom stereocenters. The molecule has 15 heavy (non-hydrogen) atoms. The molecule has 3 heteroatoms. The summed E-state index contributed by atoms with van der Waals surface area (Å²) in [6.45, 7) is 2.77. The number of hydrogen-bond acceptors (Lipinski definition) is 2. The molecule has 0 spiro atoms. The van der Waals surface area contributed by atoms with Crippen molar-refractivity contribution in [1.29, 1.82) is 0 Å². The Morgan fingerprint density at radius 2 is 2.27 bits per heavy atom. The van der Waals surface area contributed by atoms with Crippen LogP contribution in [0.4, 0.5) is 0 Å². The minimum atomic E-state index is -0.642. The zero-order chi connectivity index (χ0) is 10.9. The minimum Gasteiger partial charge on any atom is -0.386 e. The molecule has 1 fully saturated rings. The van der Waals surface area contributed by atoms with E-state index >= 15 is 0 Å². The molecule has 0 unspecified atom stereocenters. The van der Waals surface area contributed by atoms with Crippen molar-refractivity contribution in [3.05, 3.63) is 11.6 Å². The summed E-state index contributed by atoms with van der Waals surface area (Å²) in [7, 11) is 0. The van der Waals surface area contributed by atoms with Crippen LogP contribution < -0.4 is 0 Å². The van der Waals surface area contributed by atoms with Crippen molar-refractivity contribution in [2.75, 3.05) is 13.1 Å². The highest BCUT2D eigenvalue weighted by Gasteiger charge is 2.39. The number of rotatable bonds is 2. The molecule has 1 amide bonds. The summed E-state index contributed by atoms with van der Waals surface area (Å²) < 4.78 is 0. The van der Waals surface area contributed by atoms with Crippen molar-refractivity contribution in [3.63, 3.8) is 0 Å². The number of nitrogens with zero attached hydrogens (tertiary/aromatic N) is 1. The SMILES string of the molecule is CC1(O)CN(C(=O)CC2=CCCCC2)C1. The highest BCUT2D eigenvalue weighted by Crippen LogP contribution is 2.25. The van der Waals surface area contributed by atoms with Crippen LogP contribution in [0.15, 0.2) is 11.6 Å². The second-order valence-electron chi connectivity index (χ2n) is 5.03. The number of likely N-dealkylation sites (tertiary alicyclic amines) is 1. The summed E-state index contributed by atoms with van der Waals surface area (Å²) >= 11 is 0. The molecule has 1 N–H and O–H groups in total. The molecule has 2 aliphatic rings. The van der Waals surface area contributed by atoms with Gasteiger partial charge in [0.05, 0.1) is 18.7 Å². The van der Waals surface area contributed by atoms with Crippen molar-refractivity contribution in [2.24, 2.45) is 0 Å². The third-order valence-electron chi connectivity index (χ3n) is 3.18. The first-order valence-electron chi connectivity index (χ1n) is 5.75. The maximum absolute atomic E-state index is 11.8. The van der Waals surface area contributed by atoms with Gasteiger partial charge in [-0.25, -0.2) is 0 Å². The Morgan fingerprint density at radius 3 is 2.80 bits per heavy atom. The molecule has 0 radical (unpaired) electrons. The minimum absolute atomic E-state index is 0.176. The lowest BCUT2D eigenvalue weighted by Gasteiger charge is -2.44. The van der Waals surface area contributed by atoms with Crippen molar-refractivity contribution < 1.29 is 9.90 Å². The Balaban J connectivity index is 1.80. The number of carbonyl (C=O) groups excluding carboxylic acids is 1. The van der Waals surface area contributed by atoms with Gasteiger partial charge in [-0.2, -0.15) is 0 Å². The van der Waals surface area contributed by atoms with Crippen LogP contribution in [0.1, 0.15) is 39.0 Å². The molecule has 0 aromatic rings. The molecule has 1 saturated heterocycles. The van der Waals surface area contributed by atoms with Crippen LogP contribution in [0.5, 0.6) is 0 Å². The Kier molecular flexibility index (Phi) is 2.83. The summed E-state index contributed by atoms with van der Waals surface area (Å²) in [6, 6.07) is 0. The molecule has 2 rings (SSSR count). The summed E-state index contributed by atoms with van der Waals surface area (Å²) in [6.07, 6.45) is 7.46. The van der Waals surface area contributed by atoms with E-state index in [4.69, 9.17) is 0 Å². The fourth-order valence-electron chi connectivity index (χ4n) is 2.32. The van der Waals surface area contributed by atoms with E-state index in [1.165, 1.54) is 18.4 Å². The number of hydrogen-bond donors (Lipinski definition) is 1. The molecule has 0 aromatic carbocycles. The second-order valence-corrected chi connectivity index (χ2v) is 5.03. The van der Waals surface area contributed by atoms with Crippen molar-refractivity contribution in [2.45, 2.75) is 44.6 Å². The van der Waals surface area contributed by atoms with Crippen LogP contribution in [0.3, 0.4) is 0 Å². The smallest absolute Gasteiger partial charge is 0.226 e. The van der Waals surface area contributed by atoms with E-state index in [0.29, 0.717) is 19.5 Å². The van der Waals surface area contributed by atoms with Crippen LogP contribution in [0.25, 0.3) is 0 Å². The van der Waals surface area contributed by atoms with Gasteiger partial charge in [-0.1, -0.05) is 11.6 Å². The molecule has 1 aliphatic carbocycles. The Labute approximate surface area is 90.8 Å². The Bertz CT molecular complexity index is 286. The summed E-state index contributed by atoms with van der Waals surface area (Å²) in [5.41, 5.74) is 0.647. The summed E-state index contributed by atoms with van der Waals surface area (Å²) in [4.78, 5) is 13.5. The molecule has 84 valence electrons. The molecule has 1 heterocycles.